The first-order chi connectivity index (χ1) is 17.7. The molecule has 0 aliphatic rings. The van der Waals surface area contributed by atoms with Gasteiger partial charge in [0.1, 0.15) is 12.3 Å². The number of rotatable bonds is 9. The minimum Gasteiger partial charge on any atom is -0.491 e. The summed E-state index contributed by atoms with van der Waals surface area (Å²) in [4.78, 5) is 39.0. The van der Waals surface area contributed by atoms with Gasteiger partial charge in [-0.3, -0.25) is 14.2 Å². The van der Waals surface area contributed by atoms with Gasteiger partial charge < -0.3 is 9.47 Å². The van der Waals surface area contributed by atoms with E-state index in [4.69, 9.17) is 21.1 Å². The number of carbonyl (C=O) groups is 1. The molecule has 0 aliphatic carbocycles. The highest BCUT2D eigenvalue weighted by Gasteiger charge is 2.17. The van der Waals surface area contributed by atoms with Crippen LogP contribution in [0.5, 0.6) is 5.75 Å². The van der Waals surface area contributed by atoms with Crippen molar-refractivity contribution in [3.05, 3.63) is 109 Å². The van der Waals surface area contributed by atoms with E-state index in [-0.39, 0.29) is 19.3 Å². The molecule has 0 saturated carbocycles. The van der Waals surface area contributed by atoms with Gasteiger partial charge in [0.05, 0.1) is 30.2 Å². The van der Waals surface area contributed by atoms with E-state index in [9.17, 15) is 14.4 Å². The second kappa shape index (κ2) is 11.5. The third kappa shape index (κ3) is 6.30. The van der Waals surface area contributed by atoms with Crippen LogP contribution >= 0.6 is 11.6 Å². The lowest BCUT2D eigenvalue weighted by atomic mass is 10.0. The maximum absolute atomic E-state index is 13.4. The average Bonchev–Trinajstić information content (AvgIpc) is 2.87. The Bertz CT molecular complexity index is 1520. The van der Waals surface area contributed by atoms with Crippen molar-refractivity contribution in [2.24, 2.45) is 0 Å². The second-order valence-corrected chi connectivity index (χ2v) is 9.47. The quantitative estimate of drug-likeness (QED) is 0.296. The van der Waals surface area contributed by atoms with Gasteiger partial charge in [-0.2, -0.15) is 0 Å². The van der Waals surface area contributed by atoms with E-state index in [1.54, 1.807) is 31.2 Å². The predicted molar refractivity (Wildman–Crippen MR) is 145 cm³/mol. The van der Waals surface area contributed by atoms with Crippen LogP contribution in [0.4, 0.5) is 0 Å². The van der Waals surface area contributed by atoms with Gasteiger partial charge in [-0.05, 0) is 80.3 Å². The Morgan fingerprint density at radius 2 is 1.54 bits per heavy atom. The molecule has 0 atom stereocenters. The number of ether oxygens (including phenoxy) is 2. The first-order valence-corrected chi connectivity index (χ1v) is 12.5. The molecule has 0 radical (unpaired) electrons. The highest BCUT2D eigenvalue weighted by atomic mass is 35.5. The molecule has 0 bridgehead atoms. The Morgan fingerprint density at radius 1 is 0.892 bits per heavy atom. The molecule has 4 aromatic rings. The third-order valence-corrected chi connectivity index (χ3v) is 6.09. The molecule has 4 rings (SSSR count). The maximum atomic E-state index is 13.4. The number of esters is 1. The SMILES string of the molecule is CCOC(=O)Cn1c(=O)c2cc(Cc3ccc(OC(C)C)cc3)ccc2n(Cc2ccc(Cl)cc2)c1=O. The molecule has 37 heavy (non-hydrogen) atoms. The van der Waals surface area contributed by atoms with E-state index >= 15 is 0 Å². The number of hydrogen-bond donors (Lipinski definition) is 0. The van der Waals surface area contributed by atoms with E-state index in [2.05, 4.69) is 0 Å². The summed E-state index contributed by atoms with van der Waals surface area (Å²) in [7, 11) is 0. The Kier molecular flexibility index (Phi) is 8.14. The molecule has 192 valence electrons. The van der Waals surface area contributed by atoms with Crippen LogP contribution in [-0.4, -0.2) is 27.8 Å². The molecule has 7 nitrogen and oxygen atoms in total. The predicted octanol–water partition coefficient (Wildman–Crippen LogP) is 4.81. The Balaban J connectivity index is 1.77. The van der Waals surface area contributed by atoms with Gasteiger partial charge >= 0.3 is 11.7 Å². The largest absolute Gasteiger partial charge is 0.491 e. The van der Waals surface area contributed by atoms with Crippen LogP contribution in [0.1, 0.15) is 37.5 Å². The number of nitrogens with zero attached hydrogens (tertiary/aromatic N) is 2. The van der Waals surface area contributed by atoms with Crippen LogP contribution in [0.3, 0.4) is 0 Å². The van der Waals surface area contributed by atoms with E-state index in [0.717, 1.165) is 27.0 Å². The fourth-order valence-corrected chi connectivity index (χ4v) is 4.30. The van der Waals surface area contributed by atoms with Crippen molar-refractivity contribution >= 4 is 28.5 Å². The van der Waals surface area contributed by atoms with Crippen molar-refractivity contribution in [1.82, 2.24) is 9.13 Å². The highest BCUT2D eigenvalue weighted by molar-refractivity contribution is 6.30. The van der Waals surface area contributed by atoms with Crippen LogP contribution in [0.15, 0.2) is 76.3 Å². The molecule has 1 aromatic heterocycles. The number of benzene rings is 3. The van der Waals surface area contributed by atoms with Crippen LogP contribution in [0.25, 0.3) is 10.9 Å². The molecule has 0 saturated heterocycles. The Labute approximate surface area is 219 Å². The number of carbonyl (C=O) groups excluding carboxylic acids is 1. The van der Waals surface area contributed by atoms with E-state index in [1.807, 2.05) is 56.3 Å². The number of halogens is 1. The Morgan fingerprint density at radius 3 is 2.19 bits per heavy atom. The summed E-state index contributed by atoms with van der Waals surface area (Å²) in [6, 6.07) is 20.4. The van der Waals surface area contributed by atoms with Crippen LogP contribution in [0, 0.1) is 0 Å². The minimum absolute atomic E-state index is 0.0913. The lowest BCUT2D eigenvalue weighted by Crippen LogP contribution is -2.42. The monoisotopic (exact) mass is 520 g/mol. The van der Waals surface area contributed by atoms with E-state index in [1.165, 1.54) is 4.57 Å². The van der Waals surface area contributed by atoms with Gasteiger partial charge in [0.25, 0.3) is 5.56 Å². The summed E-state index contributed by atoms with van der Waals surface area (Å²) in [5.74, 6) is 0.157. The maximum Gasteiger partial charge on any atom is 0.332 e. The smallest absolute Gasteiger partial charge is 0.332 e. The van der Waals surface area contributed by atoms with Crippen LogP contribution in [0.2, 0.25) is 5.02 Å². The molecular weight excluding hydrogens is 492 g/mol. The van der Waals surface area contributed by atoms with Gasteiger partial charge in [0, 0.05) is 5.02 Å². The molecule has 0 fully saturated rings. The molecular formula is C29H29ClN2O5. The molecule has 0 spiro atoms. The van der Waals surface area contributed by atoms with Crippen molar-refractivity contribution in [2.75, 3.05) is 6.61 Å². The molecule has 0 aliphatic heterocycles. The Hall–Kier alpha value is -3.84. The van der Waals surface area contributed by atoms with Crippen molar-refractivity contribution < 1.29 is 14.3 Å². The average molecular weight is 521 g/mol. The van der Waals surface area contributed by atoms with Gasteiger partial charge in [0.2, 0.25) is 0 Å². The van der Waals surface area contributed by atoms with Gasteiger partial charge in [-0.25, -0.2) is 9.36 Å². The van der Waals surface area contributed by atoms with Crippen LogP contribution < -0.4 is 16.0 Å². The highest BCUT2D eigenvalue weighted by Crippen LogP contribution is 2.19. The number of fused-ring (bicyclic) bond motifs is 1. The zero-order chi connectivity index (χ0) is 26.5. The van der Waals surface area contributed by atoms with Crippen molar-refractivity contribution in [3.8, 4) is 5.75 Å². The fourth-order valence-electron chi connectivity index (χ4n) is 4.17. The zero-order valence-electron chi connectivity index (χ0n) is 21.1. The second-order valence-electron chi connectivity index (χ2n) is 9.03. The number of hydrogen-bond acceptors (Lipinski definition) is 5. The summed E-state index contributed by atoms with van der Waals surface area (Å²) in [6.07, 6.45) is 0.680. The molecule has 0 amide bonds. The molecule has 0 N–H and O–H groups in total. The van der Waals surface area contributed by atoms with E-state index in [0.29, 0.717) is 22.3 Å². The summed E-state index contributed by atoms with van der Waals surface area (Å²) in [5.41, 5.74) is 2.19. The lowest BCUT2D eigenvalue weighted by Gasteiger charge is -2.15. The molecule has 1 heterocycles. The fraction of sp³-hybridized carbons (Fsp3) is 0.276. The standard InChI is InChI=1S/C29H29ClN2O5/c1-4-36-27(33)18-32-28(34)25-16-22(15-20-7-12-24(13-8-20)37-19(2)3)9-14-26(25)31(29(32)35)17-21-5-10-23(30)11-6-21/h5-14,16,19H,4,15,17-18H2,1-3H3. The van der Waals surface area contributed by atoms with Gasteiger partial charge in [0.15, 0.2) is 0 Å². The summed E-state index contributed by atoms with van der Waals surface area (Å²) in [5, 5.41) is 0.941. The van der Waals surface area contributed by atoms with E-state index < -0.39 is 23.8 Å². The topological polar surface area (TPSA) is 79.5 Å². The minimum atomic E-state index is -0.640. The molecule has 3 aromatic carbocycles. The summed E-state index contributed by atoms with van der Waals surface area (Å²) < 4.78 is 13.2. The van der Waals surface area contributed by atoms with Crippen molar-refractivity contribution in [1.29, 1.82) is 0 Å². The molecule has 0 unspecified atom stereocenters. The normalized spacial score (nSPS) is 11.2. The first kappa shape index (κ1) is 26.2. The third-order valence-electron chi connectivity index (χ3n) is 5.84. The summed E-state index contributed by atoms with van der Waals surface area (Å²) in [6.45, 7) is 5.54. The first-order valence-electron chi connectivity index (χ1n) is 12.2. The lowest BCUT2D eigenvalue weighted by molar-refractivity contribution is -0.143. The van der Waals surface area contributed by atoms with Crippen LogP contribution in [-0.2, 0) is 29.0 Å². The van der Waals surface area contributed by atoms with Crippen molar-refractivity contribution in [2.45, 2.75) is 46.4 Å². The van der Waals surface area contributed by atoms with Crippen molar-refractivity contribution in [3.63, 3.8) is 0 Å². The molecule has 8 heteroatoms. The zero-order valence-corrected chi connectivity index (χ0v) is 21.8. The van der Waals surface area contributed by atoms with Gasteiger partial charge in [-0.15, -0.1) is 0 Å². The number of aromatic nitrogens is 2. The summed E-state index contributed by atoms with van der Waals surface area (Å²) >= 11 is 6.02. The van der Waals surface area contributed by atoms with Gasteiger partial charge in [-0.1, -0.05) is 41.9 Å².